The zero-order valence-corrected chi connectivity index (χ0v) is 14.5. The van der Waals surface area contributed by atoms with Crippen molar-refractivity contribution in [2.75, 3.05) is 19.7 Å². The van der Waals surface area contributed by atoms with Gasteiger partial charge in [-0.3, -0.25) is 0 Å². The summed E-state index contributed by atoms with van der Waals surface area (Å²) in [6.45, 7) is 5.54. The molecule has 0 aromatic heterocycles. The number of fused-ring (bicyclic) bond motifs is 1. The van der Waals surface area contributed by atoms with Gasteiger partial charge in [-0.25, -0.2) is 4.79 Å². The average molecular weight is 326 g/mol. The van der Waals surface area contributed by atoms with E-state index in [1.54, 1.807) is 0 Å². The van der Waals surface area contributed by atoms with Gasteiger partial charge in [-0.15, -0.1) is 0 Å². The van der Waals surface area contributed by atoms with Crippen LogP contribution in [0.4, 0.5) is 4.79 Å². The SMILES string of the molecule is CC(NC(=O)N1CCCC(C)(CO)C1)c1ccc2ccccc2c1. The first-order valence-electron chi connectivity index (χ1n) is 8.66. The second kappa shape index (κ2) is 6.81. The number of aliphatic hydroxyl groups excluding tert-OH is 1. The molecular weight excluding hydrogens is 300 g/mol. The van der Waals surface area contributed by atoms with Crippen molar-refractivity contribution in [3.63, 3.8) is 0 Å². The van der Waals surface area contributed by atoms with Gasteiger partial charge in [0.25, 0.3) is 0 Å². The van der Waals surface area contributed by atoms with E-state index in [0.717, 1.165) is 24.9 Å². The molecule has 128 valence electrons. The molecule has 1 aliphatic heterocycles. The Morgan fingerprint density at radius 3 is 2.79 bits per heavy atom. The number of amides is 2. The summed E-state index contributed by atoms with van der Waals surface area (Å²) in [6, 6.07) is 14.4. The van der Waals surface area contributed by atoms with Gasteiger partial charge in [-0.1, -0.05) is 43.3 Å². The van der Waals surface area contributed by atoms with Gasteiger partial charge in [-0.2, -0.15) is 0 Å². The van der Waals surface area contributed by atoms with Crippen LogP contribution < -0.4 is 5.32 Å². The lowest BCUT2D eigenvalue weighted by molar-refractivity contribution is 0.0609. The molecule has 2 amide bonds. The van der Waals surface area contributed by atoms with Crippen LogP contribution in [0.1, 0.15) is 38.3 Å². The van der Waals surface area contributed by atoms with Crippen molar-refractivity contribution in [2.24, 2.45) is 5.41 Å². The van der Waals surface area contributed by atoms with E-state index in [0.29, 0.717) is 6.54 Å². The minimum atomic E-state index is -0.179. The number of rotatable bonds is 3. The summed E-state index contributed by atoms with van der Waals surface area (Å²) in [5.74, 6) is 0. The Bertz CT molecular complexity index is 730. The molecule has 2 atom stereocenters. The van der Waals surface area contributed by atoms with Crippen LogP contribution in [0.2, 0.25) is 0 Å². The number of piperidine rings is 1. The smallest absolute Gasteiger partial charge is 0.317 e. The summed E-state index contributed by atoms with van der Waals surface area (Å²) in [4.78, 5) is 14.4. The van der Waals surface area contributed by atoms with Crippen molar-refractivity contribution in [1.29, 1.82) is 0 Å². The molecular formula is C20H26N2O2. The van der Waals surface area contributed by atoms with Gasteiger partial charge in [-0.05, 0) is 42.2 Å². The molecule has 0 aliphatic carbocycles. The number of hydrogen-bond donors (Lipinski definition) is 2. The van der Waals surface area contributed by atoms with Gasteiger partial charge in [0.2, 0.25) is 0 Å². The molecule has 2 N–H and O–H groups in total. The monoisotopic (exact) mass is 326 g/mol. The molecule has 0 spiro atoms. The number of aliphatic hydroxyl groups is 1. The van der Waals surface area contributed by atoms with Crippen LogP contribution in [0.3, 0.4) is 0 Å². The summed E-state index contributed by atoms with van der Waals surface area (Å²) in [5, 5.41) is 15.0. The highest BCUT2D eigenvalue weighted by atomic mass is 16.3. The van der Waals surface area contributed by atoms with Crippen molar-refractivity contribution in [1.82, 2.24) is 10.2 Å². The fraction of sp³-hybridized carbons (Fsp3) is 0.450. The van der Waals surface area contributed by atoms with Crippen molar-refractivity contribution in [2.45, 2.75) is 32.7 Å². The van der Waals surface area contributed by atoms with E-state index in [-0.39, 0.29) is 24.1 Å². The molecule has 4 nitrogen and oxygen atoms in total. The molecule has 1 fully saturated rings. The molecule has 3 rings (SSSR count). The highest BCUT2D eigenvalue weighted by molar-refractivity contribution is 5.83. The average Bonchev–Trinajstić information content (AvgIpc) is 2.61. The summed E-state index contributed by atoms with van der Waals surface area (Å²) >= 11 is 0. The topological polar surface area (TPSA) is 52.6 Å². The molecule has 1 saturated heterocycles. The van der Waals surface area contributed by atoms with Crippen molar-refractivity contribution in [3.05, 3.63) is 48.0 Å². The highest BCUT2D eigenvalue weighted by Crippen LogP contribution is 2.29. The predicted octanol–water partition coefficient (Wildman–Crippen LogP) is 3.70. The number of nitrogens with zero attached hydrogens (tertiary/aromatic N) is 1. The largest absolute Gasteiger partial charge is 0.396 e. The molecule has 2 aromatic rings. The first kappa shape index (κ1) is 16.8. The van der Waals surface area contributed by atoms with Crippen LogP contribution in [0.25, 0.3) is 10.8 Å². The minimum absolute atomic E-state index is 0.0463. The van der Waals surface area contributed by atoms with Crippen molar-refractivity contribution >= 4 is 16.8 Å². The molecule has 1 heterocycles. The molecule has 0 radical (unpaired) electrons. The maximum atomic E-state index is 12.6. The number of carbonyl (C=O) groups excluding carboxylic acids is 1. The van der Waals surface area contributed by atoms with Gasteiger partial charge in [0.15, 0.2) is 0 Å². The summed E-state index contributed by atoms with van der Waals surface area (Å²) in [5.41, 5.74) is 0.922. The second-order valence-corrected chi connectivity index (χ2v) is 7.27. The van der Waals surface area contributed by atoms with Crippen LogP contribution in [0.15, 0.2) is 42.5 Å². The van der Waals surface area contributed by atoms with Crippen LogP contribution in [0.5, 0.6) is 0 Å². The number of urea groups is 1. The van der Waals surface area contributed by atoms with E-state index < -0.39 is 0 Å². The Hall–Kier alpha value is -2.07. The molecule has 2 unspecified atom stereocenters. The number of hydrogen-bond acceptors (Lipinski definition) is 2. The fourth-order valence-corrected chi connectivity index (χ4v) is 3.45. The molecule has 2 aromatic carbocycles. The van der Waals surface area contributed by atoms with Crippen LogP contribution >= 0.6 is 0 Å². The Morgan fingerprint density at radius 2 is 2.04 bits per heavy atom. The Balaban J connectivity index is 1.68. The lowest BCUT2D eigenvalue weighted by atomic mass is 9.83. The highest BCUT2D eigenvalue weighted by Gasteiger charge is 2.32. The predicted molar refractivity (Wildman–Crippen MR) is 96.9 cm³/mol. The zero-order chi connectivity index (χ0) is 17.2. The first-order chi connectivity index (χ1) is 11.5. The van der Waals surface area contributed by atoms with Gasteiger partial charge >= 0.3 is 6.03 Å². The van der Waals surface area contributed by atoms with Gasteiger partial charge in [0, 0.05) is 18.5 Å². The Labute approximate surface area is 143 Å². The van der Waals surface area contributed by atoms with E-state index in [1.807, 2.05) is 30.9 Å². The Kier molecular flexibility index (Phi) is 4.76. The number of carbonyl (C=O) groups is 1. The van der Waals surface area contributed by atoms with E-state index >= 15 is 0 Å². The molecule has 4 heteroatoms. The molecule has 0 bridgehead atoms. The molecule has 0 saturated carbocycles. The number of likely N-dealkylation sites (tertiary alicyclic amines) is 1. The van der Waals surface area contributed by atoms with E-state index in [4.69, 9.17) is 0 Å². The maximum Gasteiger partial charge on any atom is 0.317 e. The minimum Gasteiger partial charge on any atom is -0.396 e. The number of nitrogens with one attached hydrogen (secondary N) is 1. The number of benzene rings is 2. The van der Waals surface area contributed by atoms with Crippen LogP contribution in [0, 0.1) is 5.41 Å². The first-order valence-corrected chi connectivity index (χ1v) is 8.66. The molecule has 24 heavy (non-hydrogen) atoms. The standard InChI is InChI=1S/C20H26N2O2/c1-15(17-9-8-16-6-3-4-7-18(16)12-17)21-19(24)22-11-5-10-20(2,13-22)14-23/h3-4,6-9,12,15,23H,5,10-11,13-14H2,1-2H3,(H,21,24). The zero-order valence-electron chi connectivity index (χ0n) is 14.5. The Morgan fingerprint density at radius 1 is 1.29 bits per heavy atom. The van der Waals surface area contributed by atoms with E-state index in [2.05, 4.69) is 35.6 Å². The van der Waals surface area contributed by atoms with Gasteiger partial charge < -0.3 is 15.3 Å². The van der Waals surface area contributed by atoms with Crippen molar-refractivity contribution in [3.8, 4) is 0 Å². The summed E-state index contributed by atoms with van der Waals surface area (Å²) in [6.07, 6.45) is 1.91. The molecule has 1 aliphatic rings. The third kappa shape index (κ3) is 3.54. The van der Waals surface area contributed by atoms with Gasteiger partial charge in [0.05, 0.1) is 12.6 Å². The summed E-state index contributed by atoms with van der Waals surface area (Å²) in [7, 11) is 0. The summed E-state index contributed by atoms with van der Waals surface area (Å²) < 4.78 is 0. The van der Waals surface area contributed by atoms with Gasteiger partial charge in [0.1, 0.15) is 0 Å². The van der Waals surface area contributed by atoms with Crippen molar-refractivity contribution < 1.29 is 9.90 Å². The van der Waals surface area contributed by atoms with Crippen LogP contribution in [-0.2, 0) is 0 Å². The normalized spacial score (nSPS) is 22.4. The van der Waals surface area contributed by atoms with E-state index in [9.17, 15) is 9.90 Å². The fourth-order valence-electron chi connectivity index (χ4n) is 3.45. The van der Waals surface area contributed by atoms with E-state index in [1.165, 1.54) is 10.8 Å². The maximum absolute atomic E-state index is 12.6. The lowest BCUT2D eigenvalue weighted by Gasteiger charge is -2.39. The second-order valence-electron chi connectivity index (χ2n) is 7.27. The lowest BCUT2D eigenvalue weighted by Crippen LogP contribution is -2.50. The van der Waals surface area contributed by atoms with Crippen LogP contribution in [-0.4, -0.2) is 35.7 Å². The third-order valence-corrected chi connectivity index (χ3v) is 5.06. The third-order valence-electron chi connectivity index (χ3n) is 5.06. The quantitative estimate of drug-likeness (QED) is 0.903.